The molecule has 1 fully saturated rings. The zero-order chi connectivity index (χ0) is 15.6. The average Bonchev–Trinajstić information content (AvgIpc) is 2.85. The van der Waals surface area contributed by atoms with E-state index in [0.717, 1.165) is 37.2 Å². The van der Waals surface area contributed by atoms with Gasteiger partial charge in [0.05, 0.1) is 5.69 Å². The van der Waals surface area contributed by atoms with Gasteiger partial charge in [-0.3, -0.25) is 9.48 Å². The fourth-order valence-corrected chi connectivity index (χ4v) is 3.02. The van der Waals surface area contributed by atoms with Crippen LogP contribution in [0.3, 0.4) is 0 Å². The Morgan fingerprint density at radius 2 is 2.19 bits per heavy atom. The van der Waals surface area contributed by atoms with Crippen molar-refractivity contribution in [2.24, 2.45) is 24.1 Å². The van der Waals surface area contributed by atoms with E-state index in [0.29, 0.717) is 12.3 Å². The van der Waals surface area contributed by atoms with Crippen LogP contribution in [0.2, 0.25) is 0 Å². The molecule has 3 N–H and O–H groups in total. The van der Waals surface area contributed by atoms with Gasteiger partial charge in [-0.1, -0.05) is 27.2 Å². The maximum absolute atomic E-state index is 12.2. The van der Waals surface area contributed by atoms with Crippen molar-refractivity contribution in [3.8, 4) is 0 Å². The van der Waals surface area contributed by atoms with E-state index in [4.69, 9.17) is 5.73 Å². The van der Waals surface area contributed by atoms with E-state index < -0.39 is 0 Å². The summed E-state index contributed by atoms with van der Waals surface area (Å²) in [6, 6.07) is 2.15. The number of rotatable bonds is 4. The smallest absolute Gasteiger partial charge is 0.225 e. The molecule has 0 spiro atoms. The van der Waals surface area contributed by atoms with Crippen molar-refractivity contribution < 1.29 is 4.79 Å². The highest BCUT2D eigenvalue weighted by Gasteiger charge is 2.26. The molecule has 0 unspecified atom stereocenters. The summed E-state index contributed by atoms with van der Waals surface area (Å²) in [5.74, 6) is 1.14. The summed E-state index contributed by atoms with van der Waals surface area (Å²) >= 11 is 0. The second kappa shape index (κ2) is 6.18. The van der Waals surface area contributed by atoms with Crippen LogP contribution in [0.1, 0.15) is 52.1 Å². The third-order valence-electron chi connectivity index (χ3n) is 4.07. The lowest BCUT2D eigenvalue weighted by Crippen LogP contribution is -2.28. The quantitative estimate of drug-likeness (QED) is 0.895. The normalized spacial score (nSPS) is 22.5. The van der Waals surface area contributed by atoms with E-state index in [9.17, 15) is 4.79 Å². The molecule has 5 nitrogen and oxygen atoms in total. The number of carbonyl (C=O) groups excluding carboxylic acids is 1. The third-order valence-corrected chi connectivity index (χ3v) is 4.07. The molecule has 1 aromatic heterocycles. The number of hydrogen-bond donors (Lipinski definition) is 2. The second-order valence-electron chi connectivity index (χ2n) is 7.49. The van der Waals surface area contributed by atoms with Crippen molar-refractivity contribution in [1.29, 1.82) is 0 Å². The molecule has 0 bridgehead atoms. The molecule has 1 amide bonds. The van der Waals surface area contributed by atoms with Crippen LogP contribution in [-0.2, 0) is 18.3 Å². The Hall–Kier alpha value is -1.36. The van der Waals surface area contributed by atoms with Crippen LogP contribution in [0, 0.1) is 11.3 Å². The Bertz CT molecular complexity index is 501. The van der Waals surface area contributed by atoms with Gasteiger partial charge in [-0.15, -0.1) is 0 Å². The number of aromatic nitrogens is 2. The predicted octanol–water partition coefficient (Wildman–Crippen LogP) is 2.46. The highest BCUT2D eigenvalue weighted by atomic mass is 16.1. The maximum atomic E-state index is 12.2. The van der Waals surface area contributed by atoms with Crippen molar-refractivity contribution in [1.82, 2.24) is 9.78 Å². The molecule has 1 aliphatic carbocycles. The molecule has 21 heavy (non-hydrogen) atoms. The fourth-order valence-electron chi connectivity index (χ4n) is 3.02. The summed E-state index contributed by atoms with van der Waals surface area (Å²) in [6.45, 7) is 6.55. The van der Waals surface area contributed by atoms with Gasteiger partial charge in [0.25, 0.3) is 0 Å². The predicted molar refractivity (Wildman–Crippen MR) is 84.9 cm³/mol. The first kappa shape index (κ1) is 16.0. The number of anilines is 1. The number of nitrogens with zero attached hydrogens (tertiary/aromatic N) is 2. The summed E-state index contributed by atoms with van der Waals surface area (Å²) in [5, 5.41) is 7.44. The van der Waals surface area contributed by atoms with Crippen molar-refractivity contribution in [3.63, 3.8) is 0 Å². The lowest BCUT2D eigenvalue weighted by Gasteiger charge is -2.15. The van der Waals surface area contributed by atoms with Gasteiger partial charge in [0.2, 0.25) is 5.91 Å². The zero-order valence-electron chi connectivity index (χ0n) is 13.6. The first-order chi connectivity index (χ1) is 9.74. The van der Waals surface area contributed by atoms with E-state index in [1.54, 1.807) is 4.68 Å². The molecule has 5 heteroatoms. The third kappa shape index (κ3) is 4.56. The molecular weight excluding hydrogens is 264 g/mol. The number of amides is 1. The van der Waals surface area contributed by atoms with Gasteiger partial charge in [0.1, 0.15) is 5.82 Å². The van der Waals surface area contributed by atoms with Gasteiger partial charge in [0.15, 0.2) is 0 Å². The summed E-state index contributed by atoms with van der Waals surface area (Å²) in [7, 11) is 1.86. The van der Waals surface area contributed by atoms with Crippen LogP contribution in [0.25, 0.3) is 0 Å². The molecule has 0 aromatic carbocycles. The van der Waals surface area contributed by atoms with Crippen LogP contribution >= 0.6 is 0 Å². The maximum Gasteiger partial charge on any atom is 0.225 e. The Kier molecular flexibility index (Phi) is 4.71. The molecule has 1 saturated carbocycles. The average molecular weight is 292 g/mol. The molecule has 118 valence electrons. The summed E-state index contributed by atoms with van der Waals surface area (Å²) in [6.07, 6.45) is 4.65. The van der Waals surface area contributed by atoms with Crippen molar-refractivity contribution in [2.75, 3.05) is 5.32 Å². The Labute approximate surface area is 127 Å². The highest BCUT2D eigenvalue weighted by Crippen LogP contribution is 2.27. The van der Waals surface area contributed by atoms with Crippen LogP contribution in [-0.4, -0.2) is 21.7 Å². The standard InChI is InChI=1S/C16H28N4O/c1-16(2,3)10-12-9-14(20(4)19-12)18-15(21)8-11-6-5-7-13(11)17/h9,11,13H,5-8,10,17H2,1-4H3,(H,18,21)/t11-,13+/m0/s1. The minimum Gasteiger partial charge on any atom is -0.327 e. The number of aryl methyl sites for hydroxylation is 1. The van der Waals surface area contributed by atoms with Gasteiger partial charge >= 0.3 is 0 Å². The summed E-state index contributed by atoms with van der Waals surface area (Å²) < 4.78 is 1.74. The van der Waals surface area contributed by atoms with Crippen molar-refractivity contribution in [2.45, 2.75) is 58.9 Å². The van der Waals surface area contributed by atoms with E-state index >= 15 is 0 Å². The molecule has 2 rings (SSSR count). The minimum atomic E-state index is 0.0441. The van der Waals surface area contributed by atoms with Crippen molar-refractivity contribution >= 4 is 11.7 Å². The first-order valence-corrected chi connectivity index (χ1v) is 7.83. The fraction of sp³-hybridized carbons (Fsp3) is 0.750. The van der Waals surface area contributed by atoms with Crippen LogP contribution in [0.5, 0.6) is 0 Å². The Balaban J connectivity index is 1.94. The zero-order valence-corrected chi connectivity index (χ0v) is 13.6. The highest BCUT2D eigenvalue weighted by molar-refractivity contribution is 5.90. The number of nitrogens with two attached hydrogens (primary N) is 1. The van der Waals surface area contributed by atoms with E-state index in [-0.39, 0.29) is 17.4 Å². The summed E-state index contributed by atoms with van der Waals surface area (Å²) in [4.78, 5) is 12.2. The van der Waals surface area contributed by atoms with Crippen LogP contribution in [0.4, 0.5) is 5.82 Å². The Morgan fingerprint density at radius 1 is 1.48 bits per heavy atom. The first-order valence-electron chi connectivity index (χ1n) is 7.83. The minimum absolute atomic E-state index is 0.0441. The number of carbonyl (C=O) groups is 1. The molecule has 1 aromatic rings. The molecule has 1 heterocycles. The van der Waals surface area contributed by atoms with Gasteiger partial charge < -0.3 is 11.1 Å². The molecular formula is C16H28N4O. The topological polar surface area (TPSA) is 72.9 Å². The van der Waals surface area contributed by atoms with Gasteiger partial charge in [-0.2, -0.15) is 5.10 Å². The van der Waals surface area contributed by atoms with E-state index in [1.807, 2.05) is 13.1 Å². The molecule has 2 atom stereocenters. The number of nitrogens with one attached hydrogen (secondary N) is 1. The number of hydrogen-bond acceptors (Lipinski definition) is 3. The van der Waals surface area contributed by atoms with Gasteiger partial charge in [-0.05, 0) is 30.6 Å². The lowest BCUT2D eigenvalue weighted by molar-refractivity contribution is -0.117. The lowest BCUT2D eigenvalue weighted by atomic mass is 9.91. The van der Waals surface area contributed by atoms with Crippen LogP contribution < -0.4 is 11.1 Å². The molecule has 0 aliphatic heterocycles. The SMILES string of the molecule is Cn1nc(CC(C)(C)C)cc1NC(=O)C[C@@H]1CCC[C@H]1N. The molecule has 0 radical (unpaired) electrons. The van der Waals surface area contributed by atoms with Crippen molar-refractivity contribution in [3.05, 3.63) is 11.8 Å². The Morgan fingerprint density at radius 3 is 2.76 bits per heavy atom. The molecule has 0 saturated heterocycles. The van der Waals surface area contributed by atoms with E-state index in [1.165, 1.54) is 0 Å². The van der Waals surface area contributed by atoms with E-state index in [2.05, 4.69) is 31.2 Å². The second-order valence-corrected chi connectivity index (χ2v) is 7.49. The van der Waals surface area contributed by atoms with Gasteiger partial charge in [0, 0.05) is 25.6 Å². The molecule has 1 aliphatic rings. The largest absolute Gasteiger partial charge is 0.327 e. The van der Waals surface area contributed by atoms with Crippen LogP contribution in [0.15, 0.2) is 6.07 Å². The summed E-state index contributed by atoms with van der Waals surface area (Å²) in [5.41, 5.74) is 7.23. The van der Waals surface area contributed by atoms with Gasteiger partial charge in [-0.25, -0.2) is 0 Å². The monoisotopic (exact) mass is 292 g/mol.